The van der Waals surface area contributed by atoms with Crippen molar-refractivity contribution in [2.24, 2.45) is 11.7 Å². The number of carbonyl (C=O) groups excluding carboxylic acids is 2. The summed E-state index contributed by atoms with van der Waals surface area (Å²) in [5.41, 5.74) is 5.96. The Labute approximate surface area is 128 Å². The van der Waals surface area contributed by atoms with Gasteiger partial charge in [0.1, 0.15) is 0 Å². The number of carbonyl (C=O) groups is 2. The molecule has 0 bridgehead atoms. The van der Waals surface area contributed by atoms with E-state index in [9.17, 15) is 9.59 Å². The largest absolute Gasteiger partial charge is 0.356 e. The summed E-state index contributed by atoms with van der Waals surface area (Å²) < 4.78 is 0. The summed E-state index contributed by atoms with van der Waals surface area (Å²) in [4.78, 5) is 25.4. The summed E-state index contributed by atoms with van der Waals surface area (Å²) in [5.74, 6) is 0.761. The van der Waals surface area contributed by atoms with E-state index in [2.05, 4.69) is 5.32 Å². The van der Waals surface area contributed by atoms with Crippen LogP contribution < -0.4 is 11.1 Å². The molecule has 1 fully saturated rings. The third kappa shape index (κ3) is 6.93. The lowest BCUT2D eigenvalue weighted by Crippen LogP contribution is -2.34. The highest BCUT2D eigenvalue weighted by molar-refractivity contribution is 5.79. The molecule has 0 saturated heterocycles. The molecule has 2 unspecified atom stereocenters. The number of nitrogens with zero attached hydrogens (tertiary/aromatic N) is 1. The van der Waals surface area contributed by atoms with Crippen LogP contribution in [-0.2, 0) is 9.59 Å². The van der Waals surface area contributed by atoms with Crippen molar-refractivity contribution < 1.29 is 9.59 Å². The summed E-state index contributed by atoms with van der Waals surface area (Å²) in [5, 5.41) is 2.85. The molecular formula is C16H31N3O2. The fourth-order valence-corrected chi connectivity index (χ4v) is 3.06. The SMILES string of the molecule is CCN(CC)C(=O)CCNC(=O)CCC1CCCC(N)C1. The summed E-state index contributed by atoms with van der Waals surface area (Å²) in [6.45, 7) is 5.83. The van der Waals surface area contributed by atoms with Gasteiger partial charge in [-0.2, -0.15) is 0 Å². The van der Waals surface area contributed by atoms with E-state index in [0.717, 1.165) is 32.4 Å². The Balaban J connectivity index is 2.12. The highest BCUT2D eigenvalue weighted by Crippen LogP contribution is 2.26. The number of rotatable bonds is 8. The zero-order valence-electron chi connectivity index (χ0n) is 13.6. The third-order valence-electron chi connectivity index (χ3n) is 4.38. The van der Waals surface area contributed by atoms with Crippen molar-refractivity contribution in [1.82, 2.24) is 10.2 Å². The van der Waals surface area contributed by atoms with E-state index in [1.165, 1.54) is 12.8 Å². The van der Waals surface area contributed by atoms with Crippen LogP contribution in [-0.4, -0.2) is 42.4 Å². The topological polar surface area (TPSA) is 75.4 Å². The van der Waals surface area contributed by atoms with E-state index in [0.29, 0.717) is 31.3 Å². The lowest BCUT2D eigenvalue weighted by Gasteiger charge is -2.26. The highest BCUT2D eigenvalue weighted by atomic mass is 16.2. The maximum Gasteiger partial charge on any atom is 0.224 e. The Morgan fingerprint density at radius 3 is 2.52 bits per heavy atom. The van der Waals surface area contributed by atoms with Gasteiger partial charge in [-0.25, -0.2) is 0 Å². The van der Waals surface area contributed by atoms with Crippen LogP contribution in [0.25, 0.3) is 0 Å². The molecule has 21 heavy (non-hydrogen) atoms. The average molecular weight is 297 g/mol. The molecule has 2 amide bonds. The van der Waals surface area contributed by atoms with Crippen LogP contribution in [0, 0.1) is 5.92 Å². The van der Waals surface area contributed by atoms with Crippen LogP contribution >= 0.6 is 0 Å². The van der Waals surface area contributed by atoms with Gasteiger partial charge in [0.25, 0.3) is 0 Å². The van der Waals surface area contributed by atoms with E-state index in [4.69, 9.17) is 5.73 Å². The quantitative estimate of drug-likeness (QED) is 0.715. The number of hydrogen-bond donors (Lipinski definition) is 2. The van der Waals surface area contributed by atoms with E-state index in [1.54, 1.807) is 4.90 Å². The number of hydrogen-bond acceptors (Lipinski definition) is 3. The summed E-state index contributed by atoms with van der Waals surface area (Å²) in [6.07, 6.45) is 6.42. The molecule has 5 heteroatoms. The molecule has 3 N–H and O–H groups in total. The van der Waals surface area contributed by atoms with Gasteiger partial charge in [0.2, 0.25) is 11.8 Å². The molecule has 0 aliphatic heterocycles. The molecule has 1 aliphatic rings. The Morgan fingerprint density at radius 1 is 1.19 bits per heavy atom. The first-order valence-corrected chi connectivity index (χ1v) is 8.36. The molecule has 0 aromatic rings. The highest BCUT2D eigenvalue weighted by Gasteiger charge is 2.19. The zero-order valence-corrected chi connectivity index (χ0v) is 13.6. The van der Waals surface area contributed by atoms with Gasteiger partial charge in [0.05, 0.1) is 0 Å². The van der Waals surface area contributed by atoms with Crippen LogP contribution in [0.4, 0.5) is 0 Å². The molecule has 0 radical (unpaired) electrons. The predicted octanol–water partition coefficient (Wildman–Crippen LogP) is 1.66. The Hall–Kier alpha value is -1.10. The van der Waals surface area contributed by atoms with Crippen molar-refractivity contribution in [3.8, 4) is 0 Å². The molecule has 0 heterocycles. The molecule has 1 saturated carbocycles. The summed E-state index contributed by atoms with van der Waals surface area (Å²) in [7, 11) is 0. The fraction of sp³-hybridized carbons (Fsp3) is 0.875. The van der Waals surface area contributed by atoms with Gasteiger partial charge in [-0.3, -0.25) is 9.59 Å². The first-order chi connectivity index (χ1) is 10.1. The molecule has 0 spiro atoms. The summed E-state index contributed by atoms with van der Waals surface area (Å²) >= 11 is 0. The number of nitrogens with one attached hydrogen (secondary N) is 1. The van der Waals surface area contributed by atoms with E-state index in [-0.39, 0.29) is 11.8 Å². The Kier molecular flexibility index (Phi) is 8.35. The van der Waals surface area contributed by atoms with Gasteiger partial charge in [0, 0.05) is 38.5 Å². The third-order valence-corrected chi connectivity index (χ3v) is 4.38. The van der Waals surface area contributed by atoms with Crippen LogP contribution in [0.1, 0.15) is 58.8 Å². The lowest BCUT2D eigenvalue weighted by atomic mass is 9.83. The predicted molar refractivity (Wildman–Crippen MR) is 84.7 cm³/mol. The maximum absolute atomic E-state index is 11.8. The summed E-state index contributed by atoms with van der Waals surface area (Å²) in [6, 6.07) is 0.318. The minimum atomic E-state index is 0.0569. The lowest BCUT2D eigenvalue weighted by molar-refractivity contribution is -0.130. The standard InChI is InChI=1S/C16H31N3O2/c1-3-19(4-2)16(21)10-11-18-15(20)9-8-13-6-5-7-14(17)12-13/h13-14H,3-12,17H2,1-2H3,(H,18,20). The van der Waals surface area contributed by atoms with Crippen molar-refractivity contribution in [2.75, 3.05) is 19.6 Å². The zero-order chi connectivity index (χ0) is 15.7. The van der Waals surface area contributed by atoms with Crippen molar-refractivity contribution >= 4 is 11.8 Å². The van der Waals surface area contributed by atoms with Crippen LogP contribution in [0.15, 0.2) is 0 Å². The maximum atomic E-state index is 11.8. The van der Waals surface area contributed by atoms with Crippen molar-refractivity contribution in [3.05, 3.63) is 0 Å². The van der Waals surface area contributed by atoms with Gasteiger partial charge in [-0.1, -0.05) is 12.8 Å². The first-order valence-electron chi connectivity index (χ1n) is 8.36. The first kappa shape index (κ1) is 18.0. The molecule has 0 aromatic carbocycles. The van der Waals surface area contributed by atoms with Gasteiger partial charge in [-0.15, -0.1) is 0 Å². The fourth-order valence-electron chi connectivity index (χ4n) is 3.06. The van der Waals surface area contributed by atoms with E-state index >= 15 is 0 Å². The molecule has 1 aliphatic carbocycles. The normalized spacial score (nSPS) is 21.9. The van der Waals surface area contributed by atoms with E-state index < -0.39 is 0 Å². The number of amides is 2. The molecule has 1 rings (SSSR count). The van der Waals surface area contributed by atoms with Crippen LogP contribution in [0.2, 0.25) is 0 Å². The Bertz CT molecular complexity index is 329. The average Bonchev–Trinajstić information content (AvgIpc) is 2.46. The van der Waals surface area contributed by atoms with Gasteiger partial charge in [-0.05, 0) is 39.0 Å². The van der Waals surface area contributed by atoms with Crippen molar-refractivity contribution in [1.29, 1.82) is 0 Å². The minimum absolute atomic E-state index is 0.0569. The minimum Gasteiger partial charge on any atom is -0.356 e. The monoisotopic (exact) mass is 297 g/mol. The van der Waals surface area contributed by atoms with Gasteiger partial charge < -0.3 is 16.0 Å². The second-order valence-corrected chi connectivity index (χ2v) is 6.00. The van der Waals surface area contributed by atoms with Gasteiger partial charge >= 0.3 is 0 Å². The Morgan fingerprint density at radius 2 is 1.90 bits per heavy atom. The van der Waals surface area contributed by atoms with Gasteiger partial charge in [0.15, 0.2) is 0 Å². The van der Waals surface area contributed by atoms with Crippen LogP contribution in [0.5, 0.6) is 0 Å². The molecule has 122 valence electrons. The van der Waals surface area contributed by atoms with Crippen LogP contribution in [0.3, 0.4) is 0 Å². The molecule has 2 atom stereocenters. The number of nitrogens with two attached hydrogens (primary N) is 1. The molecule has 0 aromatic heterocycles. The second kappa shape index (κ2) is 9.77. The smallest absolute Gasteiger partial charge is 0.224 e. The molecule has 5 nitrogen and oxygen atoms in total. The van der Waals surface area contributed by atoms with Crippen molar-refractivity contribution in [3.63, 3.8) is 0 Å². The molecular weight excluding hydrogens is 266 g/mol. The second-order valence-electron chi connectivity index (χ2n) is 6.00. The van der Waals surface area contributed by atoms with E-state index in [1.807, 2.05) is 13.8 Å². The van der Waals surface area contributed by atoms with Crippen molar-refractivity contribution in [2.45, 2.75) is 64.8 Å².